The average Bonchev–Trinajstić information content (AvgIpc) is 3.21. The highest BCUT2D eigenvalue weighted by atomic mass is 16.3. The molecule has 0 bridgehead atoms. The third kappa shape index (κ3) is 2.35. The van der Waals surface area contributed by atoms with E-state index in [1.54, 1.807) is 16.7 Å². The smallest absolute Gasteiger partial charge is 0.0577 e. The molecule has 4 aliphatic rings. The first-order chi connectivity index (χ1) is 12.8. The monoisotopic (exact) mass is 365 g/mol. The van der Waals surface area contributed by atoms with E-state index in [0.717, 1.165) is 30.6 Å². The van der Waals surface area contributed by atoms with Crippen molar-refractivity contribution in [2.75, 3.05) is 0 Å². The Morgan fingerprint density at radius 1 is 1.07 bits per heavy atom. The molecule has 146 valence electrons. The second-order valence-corrected chi connectivity index (χ2v) is 10.6. The van der Waals surface area contributed by atoms with E-state index in [1.165, 1.54) is 31.4 Å². The lowest BCUT2D eigenvalue weighted by atomic mass is 9.45. The first-order valence-corrected chi connectivity index (χ1v) is 11.1. The number of aliphatic hydroxyl groups excluding tert-OH is 1. The Balaban J connectivity index is 1.55. The number of aromatic nitrogens is 1. The van der Waals surface area contributed by atoms with Crippen LogP contribution < -0.4 is 0 Å². The number of hydrogen-bond acceptors (Lipinski definition) is 1. The number of aromatic amines is 1. The van der Waals surface area contributed by atoms with Crippen LogP contribution in [0.25, 0.3) is 5.57 Å². The van der Waals surface area contributed by atoms with E-state index in [4.69, 9.17) is 0 Å². The Kier molecular flexibility index (Phi) is 3.86. The molecule has 0 amide bonds. The molecule has 0 saturated heterocycles. The van der Waals surface area contributed by atoms with Crippen LogP contribution in [0.2, 0.25) is 0 Å². The number of nitrogens with one attached hydrogen (secondary N) is 1. The van der Waals surface area contributed by atoms with E-state index in [9.17, 15) is 5.11 Å². The van der Waals surface area contributed by atoms with Gasteiger partial charge < -0.3 is 10.1 Å². The van der Waals surface area contributed by atoms with E-state index in [0.29, 0.717) is 16.7 Å². The fourth-order valence-electron chi connectivity index (χ4n) is 7.96. The zero-order chi connectivity index (χ0) is 19.0. The van der Waals surface area contributed by atoms with Crippen molar-refractivity contribution in [2.45, 2.75) is 72.3 Å². The molecule has 1 heterocycles. The van der Waals surface area contributed by atoms with Crippen LogP contribution in [0.15, 0.2) is 35.6 Å². The molecule has 1 aromatic rings. The average molecular weight is 366 g/mol. The summed E-state index contributed by atoms with van der Waals surface area (Å²) < 4.78 is 0. The minimum absolute atomic E-state index is 0.114. The van der Waals surface area contributed by atoms with E-state index in [1.807, 2.05) is 0 Å². The molecule has 2 fully saturated rings. The van der Waals surface area contributed by atoms with Crippen molar-refractivity contribution in [3.63, 3.8) is 0 Å². The van der Waals surface area contributed by atoms with Gasteiger partial charge in [0.05, 0.1) is 6.10 Å². The van der Waals surface area contributed by atoms with Gasteiger partial charge in [-0.1, -0.05) is 38.0 Å². The second-order valence-electron chi connectivity index (χ2n) is 10.6. The van der Waals surface area contributed by atoms with Crippen molar-refractivity contribution in [3.05, 3.63) is 41.2 Å². The molecule has 5 rings (SSSR count). The van der Waals surface area contributed by atoms with Crippen molar-refractivity contribution in [1.82, 2.24) is 4.98 Å². The second kappa shape index (κ2) is 5.86. The molecule has 7 atom stereocenters. The Bertz CT molecular complexity index is 802. The van der Waals surface area contributed by atoms with E-state index in [2.05, 4.69) is 57.1 Å². The number of H-pyrrole nitrogens is 1. The van der Waals surface area contributed by atoms with Gasteiger partial charge in [-0.05, 0) is 97.7 Å². The molecule has 27 heavy (non-hydrogen) atoms. The molecular weight excluding hydrogens is 330 g/mol. The molecule has 0 radical (unpaired) electrons. The summed E-state index contributed by atoms with van der Waals surface area (Å²) in [6, 6.07) is 4.41. The van der Waals surface area contributed by atoms with Crippen LogP contribution in [0.3, 0.4) is 0 Å². The summed E-state index contributed by atoms with van der Waals surface area (Å²) in [6.07, 6.45) is 11.5. The fraction of sp³-hybridized carbons (Fsp3) is 0.680. The molecule has 2 N–H and O–H groups in total. The van der Waals surface area contributed by atoms with Gasteiger partial charge >= 0.3 is 0 Å². The number of hydrogen-bond donors (Lipinski definition) is 2. The molecule has 2 nitrogen and oxygen atoms in total. The molecule has 1 aromatic heterocycles. The van der Waals surface area contributed by atoms with Gasteiger partial charge in [0.25, 0.3) is 0 Å². The topological polar surface area (TPSA) is 36.0 Å². The zero-order valence-corrected chi connectivity index (χ0v) is 17.4. The van der Waals surface area contributed by atoms with Crippen molar-refractivity contribution < 1.29 is 5.11 Å². The van der Waals surface area contributed by atoms with Crippen LogP contribution in [0.1, 0.15) is 71.9 Å². The van der Waals surface area contributed by atoms with Gasteiger partial charge in [0, 0.05) is 11.9 Å². The van der Waals surface area contributed by atoms with Crippen LogP contribution in [0, 0.1) is 34.5 Å². The van der Waals surface area contributed by atoms with Crippen LogP contribution >= 0.6 is 0 Å². The number of aliphatic hydroxyl groups is 1. The highest BCUT2D eigenvalue weighted by molar-refractivity contribution is 5.73. The van der Waals surface area contributed by atoms with Crippen molar-refractivity contribution in [2.24, 2.45) is 34.5 Å². The standard InChI is InChI=1S/C25H35NO/c1-15-12-17-14-18(27)7-9-24(17,3)19-8-10-25(4)20(22(15)19)13-16(2)23(25)21-6-5-11-26-21/h5-6,11-12,15,18-20,22,26-27H,7-10,13-14H2,1-4H3/t15?,18?,19-,20+,22-,24+,25+/m1/s1. The first kappa shape index (κ1) is 17.8. The van der Waals surface area contributed by atoms with E-state index >= 15 is 0 Å². The Morgan fingerprint density at radius 3 is 2.59 bits per heavy atom. The van der Waals surface area contributed by atoms with Crippen molar-refractivity contribution >= 4 is 5.57 Å². The lowest BCUT2D eigenvalue weighted by Gasteiger charge is -2.59. The fourth-order valence-corrected chi connectivity index (χ4v) is 7.96. The molecule has 2 heteroatoms. The molecule has 2 saturated carbocycles. The van der Waals surface area contributed by atoms with Crippen LogP contribution in [0.4, 0.5) is 0 Å². The number of rotatable bonds is 1. The maximum atomic E-state index is 10.3. The van der Waals surface area contributed by atoms with Gasteiger partial charge in [0.1, 0.15) is 0 Å². The minimum atomic E-state index is -0.114. The summed E-state index contributed by atoms with van der Waals surface area (Å²) in [5, 5.41) is 10.3. The van der Waals surface area contributed by atoms with Crippen molar-refractivity contribution in [3.8, 4) is 0 Å². The van der Waals surface area contributed by atoms with Crippen LogP contribution in [-0.4, -0.2) is 16.2 Å². The van der Waals surface area contributed by atoms with Gasteiger partial charge in [0.2, 0.25) is 0 Å². The maximum Gasteiger partial charge on any atom is 0.0577 e. The normalized spacial score (nSPS) is 46.6. The molecule has 0 aliphatic heterocycles. The zero-order valence-electron chi connectivity index (χ0n) is 17.4. The third-order valence-corrected chi connectivity index (χ3v) is 9.19. The summed E-state index contributed by atoms with van der Waals surface area (Å²) >= 11 is 0. The van der Waals surface area contributed by atoms with Crippen LogP contribution in [0.5, 0.6) is 0 Å². The Labute approximate surface area is 164 Å². The summed E-state index contributed by atoms with van der Waals surface area (Å²) in [4.78, 5) is 3.51. The van der Waals surface area contributed by atoms with Gasteiger partial charge in [-0.3, -0.25) is 0 Å². The number of allylic oxidation sites excluding steroid dienone is 3. The first-order valence-electron chi connectivity index (χ1n) is 11.1. The summed E-state index contributed by atoms with van der Waals surface area (Å²) in [5.41, 5.74) is 6.77. The van der Waals surface area contributed by atoms with Crippen molar-refractivity contribution in [1.29, 1.82) is 0 Å². The predicted molar refractivity (Wildman–Crippen MR) is 111 cm³/mol. The quantitative estimate of drug-likeness (QED) is 0.591. The Morgan fingerprint density at radius 2 is 1.85 bits per heavy atom. The maximum absolute atomic E-state index is 10.3. The summed E-state index contributed by atoms with van der Waals surface area (Å²) in [6.45, 7) is 9.92. The van der Waals surface area contributed by atoms with Gasteiger partial charge in [0.15, 0.2) is 0 Å². The van der Waals surface area contributed by atoms with E-state index < -0.39 is 0 Å². The third-order valence-electron chi connectivity index (χ3n) is 9.19. The Hall–Kier alpha value is -1.28. The molecular formula is C25H35NO. The summed E-state index contributed by atoms with van der Waals surface area (Å²) in [5.74, 6) is 2.94. The lowest BCUT2D eigenvalue weighted by Crippen LogP contribution is -2.52. The van der Waals surface area contributed by atoms with Crippen LogP contribution in [-0.2, 0) is 0 Å². The largest absolute Gasteiger partial charge is 0.393 e. The lowest BCUT2D eigenvalue weighted by molar-refractivity contribution is -0.0429. The summed E-state index contributed by atoms with van der Waals surface area (Å²) in [7, 11) is 0. The van der Waals surface area contributed by atoms with Gasteiger partial charge in [-0.2, -0.15) is 0 Å². The molecule has 2 unspecified atom stereocenters. The van der Waals surface area contributed by atoms with E-state index in [-0.39, 0.29) is 6.10 Å². The SMILES string of the molecule is CC1=C(c2ccc[nH]2)[C@@]2(C)CC[C@@H]3[C@@H](C(C)C=C4CC(O)CC[C@@]43C)[C@@H]2C1. The molecule has 4 aliphatic carbocycles. The van der Waals surface area contributed by atoms with Gasteiger partial charge in [-0.15, -0.1) is 0 Å². The minimum Gasteiger partial charge on any atom is -0.393 e. The molecule has 0 aromatic carbocycles. The highest BCUT2D eigenvalue weighted by Crippen LogP contribution is 2.68. The number of fused-ring (bicyclic) bond motifs is 5. The highest BCUT2D eigenvalue weighted by Gasteiger charge is 2.59. The predicted octanol–water partition coefficient (Wildman–Crippen LogP) is 5.97. The molecule has 0 spiro atoms. The van der Waals surface area contributed by atoms with Gasteiger partial charge in [-0.25, -0.2) is 0 Å².